The van der Waals surface area contributed by atoms with Crippen molar-refractivity contribution in [3.63, 3.8) is 0 Å². The summed E-state index contributed by atoms with van der Waals surface area (Å²) in [5.74, 6) is 0.275. The monoisotopic (exact) mass is 355 g/mol. The maximum atomic E-state index is 12.7. The molecule has 1 N–H and O–H groups in total. The van der Waals surface area contributed by atoms with Crippen molar-refractivity contribution in [2.24, 2.45) is 0 Å². The first kappa shape index (κ1) is 17.5. The minimum Gasteiger partial charge on any atom is -0.352 e. The highest BCUT2D eigenvalue weighted by atomic mass is 16.2. The fourth-order valence-electron chi connectivity index (χ4n) is 4.56. The Balaban J connectivity index is 1.35. The summed E-state index contributed by atoms with van der Waals surface area (Å²) in [4.78, 5) is 28.4. The van der Waals surface area contributed by atoms with Gasteiger partial charge in [0.15, 0.2) is 0 Å². The van der Waals surface area contributed by atoms with E-state index in [0.29, 0.717) is 18.6 Å². The largest absolute Gasteiger partial charge is 0.352 e. The van der Waals surface area contributed by atoms with Gasteiger partial charge in [-0.2, -0.15) is 0 Å². The Morgan fingerprint density at radius 3 is 2.54 bits per heavy atom. The van der Waals surface area contributed by atoms with E-state index in [2.05, 4.69) is 34.5 Å². The minimum atomic E-state index is 0.134. The van der Waals surface area contributed by atoms with Gasteiger partial charge < -0.3 is 10.2 Å². The van der Waals surface area contributed by atoms with Crippen molar-refractivity contribution in [3.8, 4) is 0 Å². The standard InChI is InChI=1S/C21H29N3O2/c1-15(25)23-12-10-17(11-13-23)22-21(26)14-24(18-7-8-18)20-9-6-16-4-2-3-5-19(16)20/h2-5,17-18,20H,6-14H2,1H3,(H,22,26)/t20-/m0/s1. The molecule has 0 radical (unpaired) electrons. The van der Waals surface area contributed by atoms with E-state index in [1.54, 1.807) is 6.92 Å². The fraction of sp³-hybridized carbons (Fsp3) is 0.619. The Morgan fingerprint density at radius 2 is 1.85 bits per heavy atom. The van der Waals surface area contributed by atoms with E-state index in [1.807, 2.05) is 4.90 Å². The number of amides is 2. The van der Waals surface area contributed by atoms with Gasteiger partial charge in [-0.15, -0.1) is 0 Å². The number of carbonyl (C=O) groups is 2. The smallest absolute Gasteiger partial charge is 0.234 e. The van der Waals surface area contributed by atoms with Crippen LogP contribution in [0.2, 0.25) is 0 Å². The molecule has 1 saturated carbocycles. The molecule has 2 amide bonds. The normalized spacial score (nSPS) is 23.2. The average Bonchev–Trinajstić information content (AvgIpc) is 3.39. The highest BCUT2D eigenvalue weighted by molar-refractivity contribution is 5.78. The molecule has 1 aromatic carbocycles. The van der Waals surface area contributed by atoms with Gasteiger partial charge in [0.05, 0.1) is 6.54 Å². The van der Waals surface area contributed by atoms with Crippen LogP contribution in [0.3, 0.4) is 0 Å². The quantitative estimate of drug-likeness (QED) is 0.881. The minimum absolute atomic E-state index is 0.134. The highest BCUT2D eigenvalue weighted by Crippen LogP contribution is 2.41. The summed E-state index contributed by atoms with van der Waals surface area (Å²) in [7, 11) is 0. The Hall–Kier alpha value is -1.88. The summed E-state index contributed by atoms with van der Waals surface area (Å²) in [5, 5.41) is 3.22. The molecule has 0 aromatic heterocycles. The molecule has 0 unspecified atom stereocenters. The molecule has 1 atom stereocenters. The summed E-state index contributed by atoms with van der Waals surface area (Å²) in [6, 6.07) is 9.85. The van der Waals surface area contributed by atoms with Crippen LogP contribution in [0, 0.1) is 0 Å². The van der Waals surface area contributed by atoms with Crippen LogP contribution in [0.4, 0.5) is 0 Å². The van der Waals surface area contributed by atoms with Crippen LogP contribution in [-0.4, -0.2) is 53.3 Å². The summed E-state index contributed by atoms with van der Waals surface area (Å²) in [6.45, 7) is 3.62. The van der Waals surface area contributed by atoms with E-state index in [9.17, 15) is 9.59 Å². The Kier molecular flexibility index (Phi) is 4.98. The maximum Gasteiger partial charge on any atom is 0.234 e. The van der Waals surface area contributed by atoms with E-state index in [1.165, 1.54) is 24.0 Å². The Morgan fingerprint density at radius 1 is 1.12 bits per heavy atom. The predicted molar refractivity (Wildman–Crippen MR) is 101 cm³/mol. The molecule has 5 nitrogen and oxygen atoms in total. The first-order valence-electron chi connectivity index (χ1n) is 10.00. The zero-order valence-corrected chi connectivity index (χ0v) is 15.6. The molecule has 26 heavy (non-hydrogen) atoms. The van der Waals surface area contributed by atoms with Crippen molar-refractivity contribution in [2.75, 3.05) is 19.6 Å². The first-order chi connectivity index (χ1) is 12.6. The number of nitrogens with zero attached hydrogens (tertiary/aromatic N) is 2. The van der Waals surface area contributed by atoms with Crippen molar-refractivity contribution in [1.82, 2.24) is 15.1 Å². The molecule has 1 heterocycles. The molecular weight excluding hydrogens is 326 g/mol. The van der Waals surface area contributed by atoms with Crippen molar-refractivity contribution >= 4 is 11.8 Å². The molecule has 5 heteroatoms. The summed E-state index contributed by atoms with van der Waals surface area (Å²) < 4.78 is 0. The highest BCUT2D eigenvalue weighted by Gasteiger charge is 2.38. The summed E-state index contributed by atoms with van der Waals surface area (Å²) in [6.07, 6.45) is 6.39. The van der Waals surface area contributed by atoms with E-state index in [-0.39, 0.29) is 17.9 Å². The van der Waals surface area contributed by atoms with Gasteiger partial charge in [-0.1, -0.05) is 24.3 Å². The van der Waals surface area contributed by atoms with Crippen molar-refractivity contribution in [2.45, 2.75) is 63.6 Å². The van der Waals surface area contributed by atoms with Crippen LogP contribution in [0.25, 0.3) is 0 Å². The van der Waals surface area contributed by atoms with Crippen LogP contribution in [-0.2, 0) is 16.0 Å². The number of rotatable bonds is 5. The third kappa shape index (κ3) is 3.78. The third-order valence-corrected chi connectivity index (χ3v) is 6.15. The van der Waals surface area contributed by atoms with Crippen molar-refractivity contribution in [1.29, 1.82) is 0 Å². The number of hydrogen-bond acceptors (Lipinski definition) is 3. The van der Waals surface area contributed by atoms with Gasteiger partial charge in [0.25, 0.3) is 0 Å². The summed E-state index contributed by atoms with van der Waals surface area (Å²) in [5.41, 5.74) is 2.86. The number of aryl methyl sites for hydroxylation is 1. The van der Waals surface area contributed by atoms with Crippen LogP contribution in [0.5, 0.6) is 0 Å². The topological polar surface area (TPSA) is 52.7 Å². The number of carbonyl (C=O) groups excluding carboxylic acids is 2. The Labute approximate surface area is 155 Å². The molecule has 0 spiro atoms. The SMILES string of the molecule is CC(=O)N1CCC(NC(=O)CN(C2CC2)[C@H]2CCc3ccccc32)CC1. The lowest BCUT2D eigenvalue weighted by molar-refractivity contribution is -0.130. The lowest BCUT2D eigenvalue weighted by Gasteiger charge is -2.33. The number of likely N-dealkylation sites (tertiary alicyclic amines) is 1. The van der Waals surface area contributed by atoms with Gasteiger partial charge in [0.2, 0.25) is 11.8 Å². The van der Waals surface area contributed by atoms with Crippen LogP contribution >= 0.6 is 0 Å². The van der Waals surface area contributed by atoms with Gasteiger partial charge in [0.1, 0.15) is 0 Å². The zero-order valence-electron chi connectivity index (χ0n) is 15.6. The predicted octanol–water partition coefficient (Wildman–Crippen LogP) is 2.27. The third-order valence-electron chi connectivity index (χ3n) is 6.15. The lowest BCUT2D eigenvalue weighted by Crippen LogP contribution is -2.48. The van der Waals surface area contributed by atoms with Crippen LogP contribution in [0.15, 0.2) is 24.3 Å². The van der Waals surface area contributed by atoms with Gasteiger partial charge >= 0.3 is 0 Å². The number of benzene rings is 1. The molecule has 2 aliphatic carbocycles. The molecule has 2 fully saturated rings. The molecule has 0 bridgehead atoms. The van der Waals surface area contributed by atoms with Crippen LogP contribution < -0.4 is 5.32 Å². The van der Waals surface area contributed by atoms with Gasteiger partial charge in [-0.3, -0.25) is 14.5 Å². The molecule has 1 aromatic rings. The van der Waals surface area contributed by atoms with Gasteiger partial charge in [0, 0.05) is 38.1 Å². The zero-order chi connectivity index (χ0) is 18.1. The van der Waals surface area contributed by atoms with Gasteiger partial charge in [-0.25, -0.2) is 0 Å². The van der Waals surface area contributed by atoms with Crippen molar-refractivity contribution in [3.05, 3.63) is 35.4 Å². The molecule has 140 valence electrons. The fourth-order valence-corrected chi connectivity index (χ4v) is 4.56. The van der Waals surface area contributed by atoms with E-state index >= 15 is 0 Å². The molecule has 4 rings (SSSR count). The number of piperidine rings is 1. The second kappa shape index (κ2) is 7.39. The Bertz CT molecular complexity index is 678. The van der Waals surface area contributed by atoms with Crippen molar-refractivity contribution < 1.29 is 9.59 Å². The van der Waals surface area contributed by atoms with Gasteiger partial charge in [-0.05, 0) is 49.7 Å². The lowest BCUT2D eigenvalue weighted by atomic mass is 10.0. The maximum absolute atomic E-state index is 12.7. The molecule has 1 aliphatic heterocycles. The molecule has 3 aliphatic rings. The summed E-state index contributed by atoms with van der Waals surface area (Å²) >= 11 is 0. The second-order valence-corrected chi connectivity index (χ2v) is 8.00. The first-order valence-corrected chi connectivity index (χ1v) is 10.00. The van der Waals surface area contributed by atoms with E-state index < -0.39 is 0 Å². The number of fused-ring (bicyclic) bond motifs is 1. The van der Waals surface area contributed by atoms with E-state index in [4.69, 9.17) is 0 Å². The molecule has 1 saturated heterocycles. The van der Waals surface area contributed by atoms with Crippen LogP contribution in [0.1, 0.15) is 56.2 Å². The number of hydrogen-bond donors (Lipinski definition) is 1. The average molecular weight is 355 g/mol. The second-order valence-electron chi connectivity index (χ2n) is 8.00. The van der Waals surface area contributed by atoms with E-state index in [0.717, 1.165) is 38.8 Å². The number of nitrogens with one attached hydrogen (secondary N) is 1. The molecular formula is C21H29N3O2.